The van der Waals surface area contributed by atoms with Crippen LogP contribution in [0.1, 0.15) is 33.6 Å². The molecule has 2 aromatic rings. The molecule has 20 heavy (non-hydrogen) atoms. The van der Waals surface area contributed by atoms with E-state index in [1.165, 1.54) is 12.8 Å². The minimum absolute atomic E-state index is 0.423. The summed E-state index contributed by atoms with van der Waals surface area (Å²) in [6.07, 6.45) is 4.29. The molecule has 0 saturated heterocycles. The minimum Gasteiger partial charge on any atom is -0.380 e. The number of anilines is 1. The predicted octanol–water partition coefficient (Wildman–Crippen LogP) is 5.12. The van der Waals surface area contributed by atoms with Crippen LogP contribution >= 0.6 is 11.6 Å². The Labute approximate surface area is 125 Å². The van der Waals surface area contributed by atoms with Crippen LogP contribution in [0.5, 0.6) is 0 Å². The highest BCUT2D eigenvalue weighted by Gasteiger charge is 2.36. The number of benzene rings is 1. The van der Waals surface area contributed by atoms with Crippen molar-refractivity contribution in [2.75, 3.05) is 5.32 Å². The van der Waals surface area contributed by atoms with Crippen LogP contribution in [-0.2, 0) is 0 Å². The largest absolute Gasteiger partial charge is 0.380 e. The number of pyridine rings is 1. The van der Waals surface area contributed by atoms with E-state index in [1.54, 1.807) is 0 Å². The Hall–Kier alpha value is -1.28. The summed E-state index contributed by atoms with van der Waals surface area (Å²) in [5.41, 5.74) is 2.49. The lowest BCUT2D eigenvalue weighted by atomic mass is 9.91. The molecule has 0 aliphatic heterocycles. The van der Waals surface area contributed by atoms with Gasteiger partial charge in [-0.3, -0.25) is 4.98 Å². The van der Waals surface area contributed by atoms with Crippen molar-refractivity contribution >= 4 is 28.2 Å². The van der Waals surface area contributed by atoms with Crippen LogP contribution in [0.2, 0.25) is 5.02 Å². The van der Waals surface area contributed by atoms with Gasteiger partial charge in [0.15, 0.2) is 0 Å². The van der Waals surface area contributed by atoms with E-state index >= 15 is 0 Å². The maximum Gasteiger partial charge on any atom is 0.0948 e. The standard InChI is InChI=1S/C17H21ClN2/c1-11-9-17(2,3)10-15(11)20-14-7-6-13(18)12-5-4-8-19-16(12)14/h4-8,11,15,20H,9-10H2,1-3H3. The van der Waals surface area contributed by atoms with Crippen molar-refractivity contribution in [1.82, 2.24) is 4.98 Å². The number of hydrogen-bond donors (Lipinski definition) is 1. The first-order chi connectivity index (χ1) is 9.46. The molecule has 1 heterocycles. The van der Waals surface area contributed by atoms with Crippen LogP contribution in [-0.4, -0.2) is 11.0 Å². The minimum atomic E-state index is 0.423. The molecule has 3 heteroatoms. The molecule has 0 bridgehead atoms. The van der Waals surface area contributed by atoms with Gasteiger partial charge in [0.2, 0.25) is 0 Å². The molecule has 2 nitrogen and oxygen atoms in total. The molecular weight excluding hydrogens is 268 g/mol. The Morgan fingerprint density at radius 3 is 2.75 bits per heavy atom. The molecule has 0 radical (unpaired) electrons. The Bertz CT molecular complexity index is 636. The summed E-state index contributed by atoms with van der Waals surface area (Å²) in [4.78, 5) is 4.50. The molecule has 1 N–H and O–H groups in total. The summed E-state index contributed by atoms with van der Waals surface area (Å²) < 4.78 is 0. The fourth-order valence-corrected chi connectivity index (χ4v) is 3.76. The van der Waals surface area contributed by atoms with Gasteiger partial charge in [-0.1, -0.05) is 32.4 Å². The molecule has 1 aromatic carbocycles. The summed E-state index contributed by atoms with van der Waals surface area (Å²) in [5, 5.41) is 5.48. The summed E-state index contributed by atoms with van der Waals surface area (Å²) in [6, 6.07) is 8.47. The molecular formula is C17H21ClN2. The van der Waals surface area contributed by atoms with Gasteiger partial charge in [0.05, 0.1) is 16.2 Å². The number of nitrogens with zero attached hydrogens (tertiary/aromatic N) is 1. The van der Waals surface area contributed by atoms with E-state index < -0.39 is 0 Å². The smallest absolute Gasteiger partial charge is 0.0948 e. The van der Waals surface area contributed by atoms with Gasteiger partial charge in [-0.25, -0.2) is 0 Å². The summed E-state index contributed by atoms with van der Waals surface area (Å²) in [6.45, 7) is 7.03. The molecule has 1 aliphatic carbocycles. The summed E-state index contributed by atoms with van der Waals surface area (Å²) >= 11 is 6.25. The van der Waals surface area contributed by atoms with Crippen molar-refractivity contribution in [2.45, 2.75) is 39.7 Å². The van der Waals surface area contributed by atoms with E-state index in [0.717, 1.165) is 21.6 Å². The van der Waals surface area contributed by atoms with Crippen LogP contribution in [0.3, 0.4) is 0 Å². The maximum absolute atomic E-state index is 6.25. The molecule has 1 aromatic heterocycles. The monoisotopic (exact) mass is 288 g/mol. The Morgan fingerprint density at radius 2 is 2.05 bits per heavy atom. The van der Waals surface area contributed by atoms with Crippen LogP contribution < -0.4 is 5.32 Å². The number of halogens is 1. The first kappa shape index (κ1) is 13.7. The van der Waals surface area contributed by atoms with E-state index in [1.807, 2.05) is 24.4 Å². The van der Waals surface area contributed by atoms with E-state index in [-0.39, 0.29) is 0 Å². The van der Waals surface area contributed by atoms with Crippen LogP contribution in [0.25, 0.3) is 10.9 Å². The zero-order chi connectivity index (χ0) is 14.3. The average molecular weight is 289 g/mol. The zero-order valence-electron chi connectivity index (χ0n) is 12.3. The second-order valence-electron chi connectivity index (χ2n) is 6.80. The molecule has 1 saturated carbocycles. The van der Waals surface area contributed by atoms with Gasteiger partial charge in [0.1, 0.15) is 0 Å². The molecule has 1 fully saturated rings. The van der Waals surface area contributed by atoms with Gasteiger partial charge in [0, 0.05) is 17.6 Å². The second kappa shape index (κ2) is 4.92. The van der Waals surface area contributed by atoms with Crippen LogP contribution in [0.15, 0.2) is 30.5 Å². The predicted molar refractivity (Wildman–Crippen MR) is 86.3 cm³/mol. The fourth-order valence-electron chi connectivity index (χ4n) is 3.54. The number of nitrogens with one attached hydrogen (secondary N) is 1. The molecule has 1 aliphatic rings. The summed E-state index contributed by atoms with van der Waals surface area (Å²) in [5.74, 6) is 0.680. The van der Waals surface area contributed by atoms with E-state index in [4.69, 9.17) is 11.6 Å². The lowest BCUT2D eigenvalue weighted by Crippen LogP contribution is -2.22. The number of hydrogen-bond acceptors (Lipinski definition) is 2. The third kappa shape index (κ3) is 2.49. The Balaban J connectivity index is 1.94. The van der Waals surface area contributed by atoms with E-state index in [9.17, 15) is 0 Å². The van der Waals surface area contributed by atoms with Gasteiger partial charge in [0.25, 0.3) is 0 Å². The SMILES string of the molecule is CC1CC(C)(C)CC1Nc1ccc(Cl)c2cccnc12. The van der Waals surface area contributed by atoms with E-state index in [0.29, 0.717) is 17.4 Å². The van der Waals surface area contributed by atoms with Crippen molar-refractivity contribution in [2.24, 2.45) is 11.3 Å². The molecule has 0 amide bonds. The van der Waals surface area contributed by atoms with Crippen molar-refractivity contribution in [3.05, 3.63) is 35.5 Å². The molecule has 0 spiro atoms. The zero-order valence-corrected chi connectivity index (χ0v) is 13.0. The van der Waals surface area contributed by atoms with Gasteiger partial charge in [-0.15, -0.1) is 0 Å². The molecule has 2 unspecified atom stereocenters. The van der Waals surface area contributed by atoms with Crippen molar-refractivity contribution in [1.29, 1.82) is 0 Å². The third-order valence-electron chi connectivity index (χ3n) is 4.39. The Kier molecular flexibility index (Phi) is 3.37. The van der Waals surface area contributed by atoms with Crippen LogP contribution in [0.4, 0.5) is 5.69 Å². The molecule has 3 rings (SSSR count). The first-order valence-electron chi connectivity index (χ1n) is 7.26. The number of rotatable bonds is 2. The van der Waals surface area contributed by atoms with Crippen molar-refractivity contribution < 1.29 is 0 Å². The normalized spacial score (nSPS) is 25.0. The molecule has 106 valence electrons. The number of fused-ring (bicyclic) bond motifs is 1. The van der Waals surface area contributed by atoms with Crippen molar-refractivity contribution in [3.63, 3.8) is 0 Å². The number of aromatic nitrogens is 1. The highest BCUT2D eigenvalue weighted by atomic mass is 35.5. The van der Waals surface area contributed by atoms with Gasteiger partial charge < -0.3 is 5.32 Å². The highest BCUT2D eigenvalue weighted by molar-refractivity contribution is 6.35. The van der Waals surface area contributed by atoms with E-state index in [2.05, 4.69) is 37.1 Å². The maximum atomic E-state index is 6.25. The highest BCUT2D eigenvalue weighted by Crippen LogP contribution is 2.42. The average Bonchev–Trinajstić information content (AvgIpc) is 2.66. The lowest BCUT2D eigenvalue weighted by molar-refractivity contribution is 0.366. The van der Waals surface area contributed by atoms with Gasteiger partial charge >= 0.3 is 0 Å². The van der Waals surface area contributed by atoms with Crippen LogP contribution in [0, 0.1) is 11.3 Å². The summed E-state index contributed by atoms with van der Waals surface area (Å²) in [7, 11) is 0. The topological polar surface area (TPSA) is 24.9 Å². The quantitative estimate of drug-likeness (QED) is 0.829. The molecule has 2 atom stereocenters. The lowest BCUT2D eigenvalue weighted by Gasteiger charge is -2.20. The second-order valence-corrected chi connectivity index (χ2v) is 7.20. The van der Waals surface area contributed by atoms with Gasteiger partial charge in [-0.2, -0.15) is 0 Å². The Morgan fingerprint density at radius 1 is 1.25 bits per heavy atom. The third-order valence-corrected chi connectivity index (χ3v) is 4.72. The first-order valence-corrected chi connectivity index (χ1v) is 7.64. The van der Waals surface area contributed by atoms with Gasteiger partial charge in [-0.05, 0) is 48.4 Å². The van der Waals surface area contributed by atoms with Crippen molar-refractivity contribution in [3.8, 4) is 0 Å². The fraction of sp³-hybridized carbons (Fsp3) is 0.471.